The fourth-order valence-electron chi connectivity index (χ4n) is 2.59. The molecule has 5 heteroatoms. The van der Waals surface area contributed by atoms with Crippen molar-refractivity contribution in [3.05, 3.63) is 23.8 Å². The number of benzene rings is 1. The highest BCUT2D eigenvalue weighted by Crippen LogP contribution is 2.24. The first kappa shape index (κ1) is 14.4. The zero-order chi connectivity index (χ0) is 14.7. The summed E-state index contributed by atoms with van der Waals surface area (Å²) in [7, 11) is 0. The molecule has 2 N–H and O–H groups in total. The third-order valence-corrected chi connectivity index (χ3v) is 3.74. The Hall–Kier alpha value is -2.04. The fraction of sp³-hybridized carbons (Fsp3) is 0.467. The van der Waals surface area contributed by atoms with Crippen LogP contribution >= 0.6 is 0 Å². The van der Waals surface area contributed by atoms with Gasteiger partial charge in [0.15, 0.2) is 0 Å². The number of likely N-dealkylation sites (tertiary alicyclic amines) is 1. The molecule has 1 aromatic rings. The lowest BCUT2D eigenvalue weighted by molar-refractivity contribution is -0.123. The second kappa shape index (κ2) is 5.94. The lowest BCUT2D eigenvalue weighted by Gasteiger charge is -2.31. The Morgan fingerprint density at radius 1 is 1.15 bits per heavy atom. The predicted octanol–water partition coefficient (Wildman–Crippen LogP) is 1.93. The Kier molecular flexibility index (Phi) is 4.27. The molecular formula is C15H19NO4. The Balaban J connectivity index is 2.03. The summed E-state index contributed by atoms with van der Waals surface area (Å²) in [5, 5.41) is 18.8. The Morgan fingerprint density at radius 3 is 2.20 bits per heavy atom. The number of carbonyl (C=O) groups is 2. The van der Waals surface area contributed by atoms with E-state index in [4.69, 9.17) is 0 Å². The standard InChI is InChI=1S/C15H19NO4/c1-2-14(19)10-3-5-16(6-4-10)15(20)11-7-12(17)9-13(18)8-11/h7-10,17-18H,2-6H2,1H3. The van der Waals surface area contributed by atoms with Crippen LogP contribution in [0.25, 0.3) is 0 Å². The van der Waals surface area contributed by atoms with Crippen molar-refractivity contribution in [2.75, 3.05) is 13.1 Å². The molecule has 0 unspecified atom stereocenters. The molecule has 108 valence electrons. The number of hydrogen-bond donors (Lipinski definition) is 2. The van der Waals surface area contributed by atoms with E-state index in [-0.39, 0.29) is 34.7 Å². The van der Waals surface area contributed by atoms with Crippen molar-refractivity contribution < 1.29 is 19.8 Å². The summed E-state index contributed by atoms with van der Waals surface area (Å²) in [6.45, 7) is 2.92. The highest BCUT2D eigenvalue weighted by Gasteiger charge is 2.27. The van der Waals surface area contributed by atoms with Crippen molar-refractivity contribution in [3.8, 4) is 11.5 Å². The maximum Gasteiger partial charge on any atom is 0.254 e. The number of carbonyl (C=O) groups excluding carboxylic acids is 2. The van der Waals surface area contributed by atoms with E-state index in [0.29, 0.717) is 32.4 Å². The van der Waals surface area contributed by atoms with Gasteiger partial charge in [0.1, 0.15) is 17.3 Å². The quantitative estimate of drug-likeness (QED) is 0.885. The number of rotatable bonds is 3. The second-order valence-electron chi connectivity index (χ2n) is 5.12. The van der Waals surface area contributed by atoms with Gasteiger partial charge in [0.05, 0.1) is 0 Å². The molecule has 0 radical (unpaired) electrons. The number of hydrogen-bond acceptors (Lipinski definition) is 4. The van der Waals surface area contributed by atoms with E-state index in [2.05, 4.69) is 0 Å². The highest BCUT2D eigenvalue weighted by atomic mass is 16.3. The zero-order valence-electron chi connectivity index (χ0n) is 11.5. The van der Waals surface area contributed by atoms with Crippen LogP contribution in [0.3, 0.4) is 0 Å². The molecule has 1 aliphatic heterocycles. The summed E-state index contributed by atoms with van der Waals surface area (Å²) in [6, 6.07) is 3.86. The third-order valence-electron chi connectivity index (χ3n) is 3.74. The van der Waals surface area contributed by atoms with Crippen molar-refractivity contribution in [3.63, 3.8) is 0 Å². The molecule has 1 amide bonds. The van der Waals surface area contributed by atoms with Gasteiger partial charge in [-0.05, 0) is 25.0 Å². The largest absolute Gasteiger partial charge is 0.508 e. The molecule has 20 heavy (non-hydrogen) atoms. The first-order chi connectivity index (χ1) is 9.51. The first-order valence-corrected chi connectivity index (χ1v) is 6.86. The normalized spacial score (nSPS) is 16.1. The van der Waals surface area contributed by atoms with E-state index >= 15 is 0 Å². The summed E-state index contributed by atoms with van der Waals surface area (Å²) in [4.78, 5) is 25.6. The summed E-state index contributed by atoms with van der Waals surface area (Å²) in [5.41, 5.74) is 0.266. The molecule has 0 bridgehead atoms. The minimum atomic E-state index is -0.224. The number of phenolic OH excluding ortho intramolecular Hbond substituents is 2. The molecule has 5 nitrogen and oxygen atoms in total. The molecule has 1 aromatic carbocycles. The molecule has 0 atom stereocenters. The molecule has 0 spiro atoms. The first-order valence-electron chi connectivity index (χ1n) is 6.86. The van der Waals surface area contributed by atoms with Gasteiger partial charge in [-0.15, -0.1) is 0 Å². The molecule has 0 aromatic heterocycles. The summed E-state index contributed by atoms with van der Waals surface area (Å²) >= 11 is 0. The van der Waals surface area contributed by atoms with E-state index in [1.54, 1.807) is 4.90 Å². The number of ketones is 1. The Bertz CT molecular complexity index is 498. The number of nitrogens with zero attached hydrogens (tertiary/aromatic N) is 1. The van der Waals surface area contributed by atoms with Crippen molar-refractivity contribution in [2.24, 2.45) is 5.92 Å². The highest BCUT2D eigenvalue weighted by molar-refractivity contribution is 5.95. The zero-order valence-corrected chi connectivity index (χ0v) is 11.5. The average molecular weight is 277 g/mol. The molecule has 1 fully saturated rings. The molecule has 0 saturated carbocycles. The number of aromatic hydroxyl groups is 2. The van der Waals surface area contributed by atoms with E-state index in [0.717, 1.165) is 0 Å². The molecular weight excluding hydrogens is 258 g/mol. The third kappa shape index (κ3) is 3.10. The van der Waals surface area contributed by atoms with Gasteiger partial charge in [0.25, 0.3) is 5.91 Å². The van der Waals surface area contributed by atoms with Gasteiger partial charge in [-0.1, -0.05) is 6.92 Å². The van der Waals surface area contributed by atoms with Gasteiger partial charge in [-0.25, -0.2) is 0 Å². The molecule has 2 rings (SSSR count). The van der Waals surface area contributed by atoms with Crippen molar-refractivity contribution in [1.82, 2.24) is 4.90 Å². The Morgan fingerprint density at radius 2 is 1.70 bits per heavy atom. The predicted molar refractivity (Wildman–Crippen MR) is 73.7 cm³/mol. The van der Waals surface area contributed by atoms with E-state index in [1.165, 1.54) is 18.2 Å². The van der Waals surface area contributed by atoms with Crippen LogP contribution in [0.5, 0.6) is 11.5 Å². The topological polar surface area (TPSA) is 77.8 Å². The lowest BCUT2D eigenvalue weighted by atomic mass is 9.91. The van der Waals surface area contributed by atoms with Crippen LogP contribution in [0.15, 0.2) is 18.2 Å². The summed E-state index contributed by atoms with van der Waals surface area (Å²) in [5.74, 6) is -0.180. The second-order valence-corrected chi connectivity index (χ2v) is 5.12. The van der Waals surface area contributed by atoms with E-state index < -0.39 is 0 Å². The maximum absolute atomic E-state index is 12.3. The van der Waals surface area contributed by atoms with Crippen LogP contribution in [0.2, 0.25) is 0 Å². The number of Topliss-reactive ketones (excluding diaryl/α,β-unsaturated/α-hetero) is 1. The summed E-state index contributed by atoms with van der Waals surface area (Å²) < 4.78 is 0. The molecule has 1 saturated heterocycles. The van der Waals surface area contributed by atoms with Crippen molar-refractivity contribution in [2.45, 2.75) is 26.2 Å². The van der Waals surface area contributed by atoms with Gasteiger partial charge in [0.2, 0.25) is 0 Å². The fourth-order valence-corrected chi connectivity index (χ4v) is 2.59. The lowest BCUT2D eigenvalue weighted by Crippen LogP contribution is -2.40. The van der Waals surface area contributed by atoms with Gasteiger partial charge in [0, 0.05) is 37.1 Å². The van der Waals surface area contributed by atoms with Crippen LogP contribution in [0.4, 0.5) is 0 Å². The van der Waals surface area contributed by atoms with Crippen LogP contribution in [0.1, 0.15) is 36.5 Å². The van der Waals surface area contributed by atoms with Gasteiger partial charge >= 0.3 is 0 Å². The number of amides is 1. The minimum absolute atomic E-state index is 0.0571. The van der Waals surface area contributed by atoms with Crippen molar-refractivity contribution >= 4 is 11.7 Å². The SMILES string of the molecule is CCC(=O)C1CCN(C(=O)c2cc(O)cc(O)c2)CC1. The van der Waals surface area contributed by atoms with E-state index in [1.807, 2.05) is 6.92 Å². The summed E-state index contributed by atoms with van der Waals surface area (Å²) in [6.07, 6.45) is 1.91. The van der Waals surface area contributed by atoms with E-state index in [9.17, 15) is 19.8 Å². The maximum atomic E-state index is 12.3. The molecule has 1 aliphatic rings. The monoisotopic (exact) mass is 277 g/mol. The molecule has 1 heterocycles. The number of piperidine rings is 1. The number of phenols is 2. The van der Waals surface area contributed by atoms with Crippen LogP contribution in [0, 0.1) is 5.92 Å². The van der Waals surface area contributed by atoms with Gasteiger partial charge < -0.3 is 15.1 Å². The van der Waals surface area contributed by atoms with Gasteiger partial charge in [-0.3, -0.25) is 9.59 Å². The smallest absolute Gasteiger partial charge is 0.254 e. The minimum Gasteiger partial charge on any atom is -0.508 e. The van der Waals surface area contributed by atoms with Crippen molar-refractivity contribution in [1.29, 1.82) is 0 Å². The van der Waals surface area contributed by atoms with Crippen LogP contribution < -0.4 is 0 Å². The van der Waals surface area contributed by atoms with Gasteiger partial charge in [-0.2, -0.15) is 0 Å². The average Bonchev–Trinajstić information content (AvgIpc) is 2.45. The Labute approximate surface area is 117 Å². The van der Waals surface area contributed by atoms with Crippen LogP contribution in [-0.4, -0.2) is 39.9 Å². The molecule has 0 aliphatic carbocycles. The van der Waals surface area contributed by atoms with Crippen LogP contribution in [-0.2, 0) is 4.79 Å².